The first kappa shape index (κ1) is 11.9. The van der Waals surface area contributed by atoms with Gasteiger partial charge >= 0.3 is 0 Å². The Hall–Kier alpha value is -2.60. The van der Waals surface area contributed by atoms with Crippen LogP contribution in [-0.2, 0) is 18.3 Å². The molecule has 3 aromatic rings. The van der Waals surface area contributed by atoms with E-state index in [9.17, 15) is 4.79 Å². The highest BCUT2D eigenvalue weighted by atomic mass is 16.1. The molecule has 0 saturated carbocycles. The van der Waals surface area contributed by atoms with Gasteiger partial charge in [0.15, 0.2) is 5.78 Å². The Balaban J connectivity index is 1.54. The van der Waals surface area contributed by atoms with Gasteiger partial charge in [-0.25, -0.2) is 0 Å². The van der Waals surface area contributed by atoms with Gasteiger partial charge in [-0.05, 0) is 49.6 Å². The molecule has 0 spiro atoms. The molecular weight excluding hydrogens is 314 g/mol. The molecule has 1 aliphatic rings. The molecule has 1 fully saturated rings. The van der Waals surface area contributed by atoms with Gasteiger partial charge in [-0.2, -0.15) is 15.3 Å². The number of aromatic nitrogens is 4. The minimum absolute atomic E-state index is 0.0251. The number of fused-ring (bicyclic) bond motifs is 1. The lowest BCUT2D eigenvalue weighted by Crippen LogP contribution is -2.28. The Morgan fingerprint density at radius 1 is 1.20 bits per heavy atom. The fraction of sp³-hybridized carbons (Fsp3) is 0.368. The van der Waals surface area contributed by atoms with E-state index in [-0.39, 0.29) is 31.6 Å². The molecule has 0 amide bonds. The van der Waals surface area contributed by atoms with Gasteiger partial charge in [0.05, 0.1) is 30.4 Å². The van der Waals surface area contributed by atoms with E-state index in [0.717, 1.165) is 21.4 Å². The molecule has 6 heteroatoms. The highest BCUT2D eigenvalue weighted by molar-refractivity contribution is 5.86. The molecule has 0 unspecified atom stereocenters. The molecule has 25 heavy (non-hydrogen) atoms. The Morgan fingerprint density at radius 3 is 2.80 bits per heavy atom. The third kappa shape index (κ3) is 3.58. The molecular formula is C19H21N5O. The standard InChI is InChI=1S/C19H21N5O/c1-23-12-16(11-20-23)14-4-5-19-15(8-14)9-17(21-22-19)10-18(25)13-24-6-2-3-7-24/h4-5,8-9,11-12H,2-3,6-7,10,13H2,1H3/i6D2,7D2. The number of likely N-dealkylation sites (tertiary alicyclic amines) is 1. The van der Waals surface area contributed by atoms with Gasteiger partial charge in [-0.1, -0.05) is 6.07 Å². The second kappa shape index (κ2) is 6.72. The second-order valence-electron chi connectivity index (χ2n) is 6.13. The predicted octanol–water partition coefficient (Wildman–Crippen LogP) is 2.24. The van der Waals surface area contributed by atoms with Crippen LogP contribution < -0.4 is 0 Å². The highest BCUT2D eigenvalue weighted by Crippen LogP contribution is 2.23. The zero-order valence-corrected chi connectivity index (χ0v) is 13.9. The van der Waals surface area contributed by atoms with E-state index >= 15 is 0 Å². The quantitative estimate of drug-likeness (QED) is 0.713. The van der Waals surface area contributed by atoms with E-state index in [1.807, 2.05) is 31.4 Å². The maximum atomic E-state index is 12.5. The molecule has 4 rings (SSSR count). The van der Waals surface area contributed by atoms with Crippen LogP contribution in [0.25, 0.3) is 22.0 Å². The van der Waals surface area contributed by atoms with Crippen molar-refractivity contribution in [2.45, 2.75) is 19.3 Å². The average Bonchev–Trinajstić information content (AvgIpc) is 3.18. The van der Waals surface area contributed by atoms with Crippen LogP contribution in [0.5, 0.6) is 0 Å². The SMILES string of the molecule is [2H]C1([2H])CCC([2H])([2H])N1CC(=O)Cc1cc2cc(-c3cnn(C)c3)ccc2nn1. The Kier molecular flexibility index (Phi) is 3.19. The number of rotatable bonds is 5. The summed E-state index contributed by atoms with van der Waals surface area (Å²) in [6.07, 6.45) is 3.81. The smallest absolute Gasteiger partial charge is 0.152 e. The second-order valence-corrected chi connectivity index (χ2v) is 6.13. The van der Waals surface area contributed by atoms with E-state index in [0.29, 0.717) is 11.2 Å². The van der Waals surface area contributed by atoms with Crippen LogP contribution in [0.2, 0.25) is 0 Å². The fourth-order valence-corrected chi connectivity index (χ4v) is 2.91. The van der Waals surface area contributed by atoms with Crippen molar-refractivity contribution < 1.29 is 10.3 Å². The summed E-state index contributed by atoms with van der Waals surface area (Å²) in [7, 11) is 1.85. The molecule has 0 aliphatic carbocycles. The molecule has 2 aromatic heterocycles. The normalized spacial score (nSPS) is 21.5. The minimum atomic E-state index is -1.83. The minimum Gasteiger partial charge on any atom is -0.298 e. The van der Waals surface area contributed by atoms with Crippen LogP contribution >= 0.6 is 0 Å². The summed E-state index contributed by atoms with van der Waals surface area (Å²) in [6.45, 7) is -3.95. The lowest BCUT2D eigenvalue weighted by Gasteiger charge is -2.12. The Morgan fingerprint density at radius 2 is 2.04 bits per heavy atom. The third-order valence-corrected chi connectivity index (χ3v) is 4.12. The monoisotopic (exact) mass is 339 g/mol. The van der Waals surface area contributed by atoms with Gasteiger partial charge in [0.2, 0.25) is 0 Å². The van der Waals surface area contributed by atoms with Crippen LogP contribution in [0.3, 0.4) is 0 Å². The van der Waals surface area contributed by atoms with E-state index in [1.54, 1.807) is 16.9 Å². The van der Waals surface area contributed by atoms with Gasteiger partial charge in [0, 0.05) is 29.7 Å². The molecule has 0 radical (unpaired) electrons. The number of Topliss-reactive ketones (excluding diaryl/α,β-unsaturated/α-hetero) is 1. The molecule has 0 atom stereocenters. The Bertz CT molecular complexity index is 1070. The van der Waals surface area contributed by atoms with Crippen molar-refractivity contribution in [3.63, 3.8) is 0 Å². The van der Waals surface area contributed by atoms with Crippen molar-refractivity contribution in [1.82, 2.24) is 24.9 Å². The Labute approximate surface area is 152 Å². The molecule has 0 bridgehead atoms. The summed E-state index contributed by atoms with van der Waals surface area (Å²) in [5, 5.41) is 13.3. The number of carbonyl (C=O) groups excluding carboxylic acids is 1. The molecule has 1 aliphatic heterocycles. The van der Waals surface area contributed by atoms with E-state index in [1.165, 1.54) is 0 Å². The summed E-state index contributed by atoms with van der Waals surface area (Å²) in [4.78, 5) is 13.5. The van der Waals surface area contributed by atoms with Crippen molar-refractivity contribution in [2.75, 3.05) is 19.5 Å². The first-order valence-corrected chi connectivity index (χ1v) is 8.19. The van der Waals surface area contributed by atoms with Crippen molar-refractivity contribution in [3.8, 4) is 11.1 Å². The number of benzene rings is 1. The average molecular weight is 339 g/mol. The maximum Gasteiger partial charge on any atom is 0.152 e. The summed E-state index contributed by atoms with van der Waals surface area (Å²) in [6, 6.07) is 7.57. The van der Waals surface area contributed by atoms with Crippen LogP contribution in [0.15, 0.2) is 36.7 Å². The van der Waals surface area contributed by atoms with Crippen molar-refractivity contribution in [2.24, 2.45) is 7.05 Å². The van der Waals surface area contributed by atoms with Gasteiger partial charge < -0.3 is 0 Å². The van der Waals surface area contributed by atoms with Crippen molar-refractivity contribution in [3.05, 3.63) is 42.4 Å². The summed E-state index contributed by atoms with van der Waals surface area (Å²) >= 11 is 0. The summed E-state index contributed by atoms with van der Waals surface area (Å²) in [5.74, 6) is -0.295. The van der Waals surface area contributed by atoms with Gasteiger partial charge in [0.25, 0.3) is 0 Å². The van der Waals surface area contributed by atoms with Crippen LogP contribution in [0, 0.1) is 0 Å². The fourth-order valence-electron chi connectivity index (χ4n) is 2.91. The zero-order chi connectivity index (χ0) is 20.8. The largest absolute Gasteiger partial charge is 0.298 e. The van der Waals surface area contributed by atoms with Crippen LogP contribution in [0.4, 0.5) is 0 Å². The van der Waals surface area contributed by atoms with Crippen LogP contribution in [0.1, 0.15) is 24.0 Å². The zero-order valence-electron chi connectivity index (χ0n) is 17.9. The van der Waals surface area contributed by atoms with E-state index < -0.39 is 13.0 Å². The predicted molar refractivity (Wildman–Crippen MR) is 96.1 cm³/mol. The van der Waals surface area contributed by atoms with Gasteiger partial charge in [-0.3, -0.25) is 14.4 Å². The molecule has 1 aromatic carbocycles. The molecule has 6 nitrogen and oxygen atoms in total. The van der Waals surface area contributed by atoms with Gasteiger partial charge in [0.1, 0.15) is 0 Å². The van der Waals surface area contributed by atoms with Crippen LogP contribution in [-0.4, -0.2) is 50.2 Å². The number of carbonyl (C=O) groups is 1. The van der Waals surface area contributed by atoms with E-state index in [4.69, 9.17) is 5.48 Å². The maximum absolute atomic E-state index is 12.5. The van der Waals surface area contributed by atoms with Crippen molar-refractivity contribution >= 4 is 16.7 Å². The number of hydrogen-bond donors (Lipinski definition) is 0. The van der Waals surface area contributed by atoms with E-state index in [2.05, 4.69) is 15.3 Å². The number of aryl methyl sites for hydroxylation is 1. The number of nitrogens with zero attached hydrogens (tertiary/aromatic N) is 5. The lowest BCUT2D eigenvalue weighted by atomic mass is 10.1. The lowest BCUT2D eigenvalue weighted by molar-refractivity contribution is -0.119. The number of hydrogen-bond acceptors (Lipinski definition) is 5. The molecule has 128 valence electrons. The van der Waals surface area contributed by atoms with Crippen molar-refractivity contribution in [1.29, 1.82) is 0 Å². The first-order chi connectivity index (χ1) is 13.6. The number of ketones is 1. The summed E-state index contributed by atoms with van der Waals surface area (Å²) in [5.41, 5.74) is 3.14. The molecule has 1 saturated heterocycles. The summed E-state index contributed by atoms with van der Waals surface area (Å²) < 4.78 is 33.5. The van der Waals surface area contributed by atoms with Gasteiger partial charge in [-0.15, -0.1) is 0 Å². The highest BCUT2D eigenvalue weighted by Gasteiger charge is 2.16. The first-order valence-electron chi connectivity index (χ1n) is 10.2. The molecule has 3 heterocycles. The molecule has 0 N–H and O–H groups in total. The topological polar surface area (TPSA) is 63.9 Å². The third-order valence-electron chi connectivity index (χ3n) is 4.12.